The first kappa shape index (κ1) is 12.7. The molecule has 4 rings (SSSR count). The second kappa shape index (κ2) is 5.08. The summed E-state index contributed by atoms with van der Waals surface area (Å²) in [7, 11) is 0. The number of ether oxygens (including phenoxy) is 2. The monoisotopic (exact) mass is 282 g/mol. The van der Waals surface area contributed by atoms with E-state index < -0.39 is 0 Å². The molecule has 1 N–H and O–H groups in total. The number of hydrogen-bond donors (Lipinski definition) is 1. The summed E-state index contributed by atoms with van der Waals surface area (Å²) in [6.07, 6.45) is 2.43. The third kappa shape index (κ3) is 2.38. The fraction of sp³-hybridized carbons (Fsp3) is 0.333. The maximum absolute atomic E-state index is 9.81. The molecule has 0 spiro atoms. The second-order valence-electron chi connectivity index (χ2n) is 5.78. The molecule has 2 aliphatic rings. The van der Waals surface area contributed by atoms with Crippen molar-refractivity contribution in [1.29, 1.82) is 0 Å². The molecule has 0 amide bonds. The van der Waals surface area contributed by atoms with Crippen molar-refractivity contribution in [3.05, 3.63) is 59.2 Å². The second-order valence-corrected chi connectivity index (χ2v) is 5.78. The summed E-state index contributed by atoms with van der Waals surface area (Å²) in [4.78, 5) is 0. The first-order valence-corrected chi connectivity index (χ1v) is 7.48. The van der Waals surface area contributed by atoms with Crippen molar-refractivity contribution in [1.82, 2.24) is 0 Å². The number of hydrogen-bond acceptors (Lipinski definition) is 3. The summed E-state index contributed by atoms with van der Waals surface area (Å²) in [6, 6.07) is 14.1. The molecule has 0 radical (unpaired) electrons. The van der Waals surface area contributed by atoms with E-state index in [4.69, 9.17) is 9.47 Å². The van der Waals surface area contributed by atoms with Gasteiger partial charge in [-0.2, -0.15) is 0 Å². The third-order valence-corrected chi connectivity index (χ3v) is 4.31. The highest BCUT2D eigenvalue weighted by atomic mass is 16.5. The predicted molar refractivity (Wildman–Crippen MR) is 79.8 cm³/mol. The van der Waals surface area contributed by atoms with Gasteiger partial charge in [0.25, 0.3) is 0 Å². The summed E-state index contributed by atoms with van der Waals surface area (Å²) in [6.45, 7) is 0.552. The Hall–Kier alpha value is -2.00. The van der Waals surface area contributed by atoms with E-state index in [1.165, 1.54) is 11.1 Å². The van der Waals surface area contributed by atoms with E-state index in [0.29, 0.717) is 6.61 Å². The summed E-state index contributed by atoms with van der Waals surface area (Å²) < 4.78 is 11.7. The molecule has 0 bridgehead atoms. The SMILES string of the molecule is O[C@@H]1CCc2cc(OCC3Cc4ccccc4O3)ccc21. The van der Waals surface area contributed by atoms with Gasteiger partial charge in [0.15, 0.2) is 0 Å². The zero-order valence-electron chi connectivity index (χ0n) is 11.8. The Balaban J connectivity index is 1.40. The van der Waals surface area contributed by atoms with Crippen LogP contribution in [-0.4, -0.2) is 17.8 Å². The Kier molecular flexibility index (Phi) is 3.08. The van der Waals surface area contributed by atoms with Gasteiger partial charge in [-0.3, -0.25) is 0 Å². The topological polar surface area (TPSA) is 38.7 Å². The normalized spacial score (nSPS) is 22.5. The molecule has 1 aliphatic carbocycles. The first-order chi connectivity index (χ1) is 10.3. The van der Waals surface area contributed by atoms with Crippen molar-refractivity contribution in [2.45, 2.75) is 31.5 Å². The Morgan fingerprint density at radius 2 is 2.05 bits per heavy atom. The van der Waals surface area contributed by atoms with E-state index in [9.17, 15) is 5.11 Å². The lowest BCUT2D eigenvalue weighted by molar-refractivity contribution is 0.148. The molecular weight excluding hydrogens is 264 g/mol. The maximum atomic E-state index is 9.81. The molecule has 3 heteroatoms. The van der Waals surface area contributed by atoms with Crippen LogP contribution in [0.15, 0.2) is 42.5 Å². The number of para-hydroxylation sites is 1. The van der Waals surface area contributed by atoms with E-state index in [1.54, 1.807) is 0 Å². The molecule has 0 aromatic heterocycles. The van der Waals surface area contributed by atoms with Crippen molar-refractivity contribution in [3.8, 4) is 11.5 Å². The minimum absolute atomic E-state index is 0.0845. The van der Waals surface area contributed by atoms with Crippen LogP contribution in [0.2, 0.25) is 0 Å². The highest BCUT2D eigenvalue weighted by Gasteiger charge is 2.24. The first-order valence-electron chi connectivity index (χ1n) is 7.48. The minimum Gasteiger partial charge on any atom is -0.490 e. The maximum Gasteiger partial charge on any atom is 0.137 e. The molecule has 3 nitrogen and oxygen atoms in total. The highest BCUT2D eigenvalue weighted by molar-refractivity contribution is 5.40. The van der Waals surface area contributed by atoms with Crippen molar-refractivity contribution >= 4 is 0 Å². The Labute approximate surface area is 124 Å². The fourth-order valence-corrected chi connectivity index (χ4v) is 3.20. The van der Waals surface area contributed by atoms with E-state index in [0.717, 1.165) is 36.3 Å². The zero-order valence-corrected chi connectivity index (χ0v) is 11.8. The number of benzene rings is 2. The average Bonchev–Trinajstić information content (AvgIpc) is 3.08. The van der Waals surface area contributed by atoms with Crippen LogP contribution in [0.3, 0.4) is 0 Å². The van der Waals surface area contributed by atoms with E-state index in [1.807, 2.05) is 36.4 Å². The van der Waals surface area contributed by atoms with Crippen molar-refractivity contribution in [3.63, 3.8) is 0 Å². The van der Waals surface area contributed by atoms with Crippen LogP contribution in [0.4, 0.5) is 0 Å². The number of aliphatic hydroxyl groups excluding tert-OH is 1. The molecule has 21 heavy (non-hydrogen) atoms. The van der Waals surface area contributed by atoms with Gasteiger partial charge in [-0.1, -0.05) is 24.3 Å². The van der Waals surface area contributed by atoms with E-state index in [2.05, 4.69) is 6.07 Å². The lowest BCUT2D eigenvalue weighted by atomic mass is 10.1. The predicted octanol–water partition coefficient (Wildman–Crippen LogP) is 3.05. The van der Waals surface area contributed by atoms with Gasteiger partial charge in [-0.25, -0.2) is 0 Å². The zero-order chi connectivity index (χ0) is 14.2. The Morgan fingerprint density at radius 1 is 1.14 bits per heavy atom. The van der Waals surface area contributed by atoms with Crippen LogP contribution in [0.25, 0.3) is 0 Å². The minimum atomic E-state index is -0.304. The van der Waals surface area contributed by atoms with Crippen LogP contribution >= 0.6 is 0 Å². The van der Waals surface area contributed by atoms with Gasteiger partial charge in [-0.15, -0.1) is 0 Å². The van der Waals surface area contributed by atoms with Gasteiger partial charge < -0.3 is 14.6 Å². The van der Waals surface area contributed by atoms with Crippen LogP contribution in [0.1, 0.15) is 29.2 Å². The van der Waals surface area contributed by atoms with Crippen LogP contribution in [0, 0.1) is 0 Å². The van der Waals surface area contributed by atoms with Gasteiger partial charge in [-0.05, 0) is 47.7 Å². The van der Waals surface area contributed by atoms with Gasteiger partial charge in [0, 0.05) is 6.42 Å². The van der Waals surface area contributed by atoms with Crippen LogP contribution in [-0.2, 0) is 12.8 Å². The third-order valence-electron chi connectivity index (χ3n) is 4.31. The quantitative estimate of drug-likeness (QED) is 0.940. The number of fused-ring (bicyclic) bond motifs is 2. The summed E-state index contributed by atoms with van der Waals surface area (Å²) in [5.41, 5.74) is 3.51. The molecule has 0 saturated carbocycles. The summed E-state index contributed by atoms with van der Waals surface area (Å²) >= 11 is 0. The van der Waals surface area contributed by atoms with E-state index >= 15 is 0 Å². The molecule has 2 aromatic carbocycles. The molecular formula is C18H18O3. The van der Waals surface area contributed by atoms with Crippen molar-refractivity contribution < 1.29 is 14.6 Å². The molecule has 1 heterocycles. The highest BCUT2D eigenvalue weighted by Crippen LogP contribution is 2.33. The fourth-order valence-electron chi connectivity index (χ4n) is 3.20. The lowest BCUT2D eigenvalue weighted by Gasteiger charge is -2.13. The summed E-state index contributed by atoms with van der Waals surface area (Å²) in [5, 5.41) is 9.81. The molecule has 0 saturated heterocycles. The molecule has 108 valence electrons. The molecule has 0 fully saturated rings. The van der Waals surface area contributed by atoms with Crippen LogP contribution < -0.4 is 9.47 Å². The van der Waals surface area contributed by atoms with Gasteiger partial charge in [0.2, 0.25) is 0 Å². The smallest absolute Gasteiger partial charge is 0.137 e. The summed E-state index contributed by atoms with van der Waals surface area (Å²) in [5.74, 6) is 1.84. The molecule has 2 atom stereocenters. The van der Waals surface area contributed by atoms with Crippen molar-refractivity contribution in [2.75, 3.05) is 6.61 Å². The standard InChI is InChI=1S/C18H18O3/c19-17-8-5-12-9-14(6-7-16(12)17)20-11-15-10-13-3-1-2-4-18(13)21-15/h1-4,6-7,9,15,17,19H,5,8,10-11H2/t15?,17-/m1/s1. The van der Waals surface area contributed by atoms with Crippen LogP contribution in [0.5, 0.6) is 11.5 Å². The molecule has 1 aliphatic heterocycles. The number of aryl methyl sites for hydroxylation is 1. The Bertz CT molecular complexity index is 640. The van der Waals surface area contributed by atoms with Gasteiger partial charge >= 0.3 is 0 Å². The van der Waals surface area contributed by atoms with Crippen molar-refractivity contribution in [2.24, 2.45) is 0 Å². The average molecular weight is 282 g/mol. The molecule has 2 aromatic rings. The van der Waals surface area contributed by atoms with Gasteiger partial charge in [0.05, 0.1) is 6.10 Å². The largest absolute Gasteiger partial charge is 0.490 e. The number of rotatable bonds is 3. The lowest BCUT2D eigenvalue weighted by Crippen LogP contribution is -2.22. The number of aliphatic hydroxyl groups is 1. The Morgan fingerprint density at radius 3 is 2.95 bits per heavy atom. The van der Waals surface area contributed by atoms with Gasteiger partial charge in [0.1, 0.15) is 24.2 Å². The van der Waals surface area contributed by atoms with E-state index in [-0.39, 0.29) is 12.2 Å². The molecule has 1 unspecified atom stereocenters.